The normalized spacial score (nSPS) is 11.1. The van der Waals surface area contributed by atoms with E-state index in [1.54, 1.807) is 0 Å². The molecule has 0 fully saturated rings. The predicted molar refractivity (Wildman–Crippen MR) is 101 cm³/mol. The molecule has 0 spiro atoms. The first-order valence-corrected chi connectivity index (χ1v) is 8.24. The summed E-state index contributed by atoms with van der Waals surface area (Å²) < 4.78 is 4.95. The lowest BCUT2D eigenvalue weighted by molar-refractivity contribution is -0.137. The summed E-state index contributed by atoms with van der Waals surface area (Å²) in [6.45, 7) is 5.75. The zero-order valence-electron chi connectivity index (χ0n) is 14.4. The first kappa shape index (κ1) is 18.3. The number of carbonyl (C=O) groups excluding carboxylic acids is 1. The van der Waals surface area contributed by atoms with Gasteiger partial charge in [-0.3, -0.25) is 0 Å². The van der Waals surface area contributed by atoms with E-state index in [4.69, 9.17) is 4.74 Å². The smallest absolute Gasteiger partial charge is 0.330 e. The second-order valence-corrected chi connectivity index (χ2v) is 5.43. The number of ether oxygens (including phenoxy) is 1. The van der Waals surface area contributed by atoms with Crippen LogP contribution in [0.1, 0.15) is 24.5 Å². The molecule has 128 valence electrons. The molecule has 25 heavy (non-hydrogen) atoms. The number of rotatable bonds is 8. The van der Waals surface area contributed by atoms with Gasteiger partial charge in [0.05, 0.1) is 18.0 Å². The van der Waals surface area contributed by atoms with Crippen molar-refractivity contribution in [3.63, 3.8) is 0 Å². The van der Waals surface area contributed by atoms with Gasteiger partial charge in [-0.2, -0.15) is 10.2 Å². The van der Waals surface area contributed by atoms with Crippen LogP contribution >= 0.6 is 0 Å². The van der Waals surface area contributed by atoms with Crippen LogP contribution in [0.2, 0.25) is 0 Å². The van der Waals surface area contributed by atoms with Gasteiger partial charge in [0.1, 0.15) is 0 Å². The number of nitrogens with zero attached hydrogens (tertiary/aromatic N) is 2. The van der Waals surface area contributed by atoms with Crippen molar-refractivity contribution in [3.05, 3.63) is 78.4 Å². The van der Waals surface area contributed by atoms with Crippen LogP contribution in [0, 0.1) is 0 Å². The molecule has 2 aromatic carbocycles. The van der Waals surface area contributed by atoms with Crippen LogP contribution in [-0.2, 0) is 16.0 Å². The number of aryl methyl sites for hydroxylation is 1. The number of benzene rings is 2. The lowest BCUT2D eigenvalue weighted by Gasteiger charge is -2.03. The average Bonchev–Trinajstić information content (AvgIpc) is 2.65. The predicted octanol–water partition coefficient (Wildman–Crippen LogP) is 5.80. The van der Waals surface area contributed by atoms with Gasteiger partial charge in [0.2, 0.25) is 0 Å². The van der Waals surface area contributed by atoms with Gasteiger partial charge in [0.15, 0.2) is 0 Å². The molecule has 0 N–H and O–H groups in total. The Morgan fingerprint density at radius 3 is 2.20 bits per heavy atom. The minimum absolute atomic E-state index is 0.380. The summed E-state index contributed by atoms with van der Waals surface area (Å²) in [6, 6.07) is 15.8. The summed E-state index contributed by atoms with van der Waals surface area (Å²) in [5.41, 5.74) is 3.94. The van der Waals surface area contributed by atoms with Crippen LogP contribution in [0.4, 0.5) is 11.4 Å². The zero-order chi connectivity index (χ0) is 17.9. The first-order chi connectivity index (χ1) is 12.2. The fourth-order valence-electron chi connectivity index (χ4n) is 2.20. The molecular weight excluding hydrogens is 312 g/mol. The van der Waals surface area contributed by atoms with Gasteiger partial charge in [-0.1, -0.05) is 43.0 Å². The number of allylic oxidation sites excluding steroid dienone is 1. The van der Waals surface area contributed by atoms with Crippen molar-refractivity contribution in [1.82, 2.24) is 0 Å². The van der Waals surface area contributed by atoms with Crippen LogP contribution in [0.15, 0.2) is 77.5 Å². The third-order valence-electron chi connectivity index (χ3n) is 3.49. The third-order valence-corrected chi connectivity index (χ3v) is 3.49. The van der Waals surface area contributed by atoms with E-state index in [0.29, 0.717) is 6.61 Å². The molecule has 0 bridgehead atoms. The fraction of sp³-hybridized carbons (Fsp3) is 0.190. The number of hydrogen-bond donors (Lipinski definition) is 0. The molecule has 4 nitrogen and oxygen atoms in total. The van der Waals surface area contributed by atoms with Crippen molar-refractivity contribution >= 4 is 23.4 Å². The standard InChI is InChI=1S/C21H22N2O2/c1-3-6-17-8-12-19(13-9-17)22-23-20-14-10-18(11-15-20)7-5-16-25-21(24)4-2/h3-4,6,8-15H,2,5,7,16H2,1H3. The Labute approximate surface area is 148 Å². The number of hydrogen-bond acceptors (Lipinski definition) is 4. The van der Waals surface area contributed by atoms with Gasteiger partial charge in [0.25, 0.3) is 0 Å². The molecule has 0 heterocycles. The Bertz CT molecular complexity index is 744. The van der Waals surface area contributed by atoms with E-state index in [9.17, 15) is 4.79 Å². The van der Waals surface area contributed by atoms with Crippen molar-refractivity contribution in [2.75, 3.05) is 6.61 Å². The molecule has 0 saturated heterocycles. The molecule has 4 heteroatoms. The molecule has 2 rings (SSSR count). The monoisotopic (exact) mass is 334 g/mol. The Hall–Kier alpha value is -3.01. The highest BCUT2D eigenvalue weighted by Crippen LogP contribution is 2.20. The van der Waals surface area contributed by atoms with Gasteiger partial charge in [-0.05, 0) is 55.2 Å². The quantitative estimate of drug-likeness (QED) is 0.265. The minimum Gasteiger partial charge on any atom is -0.463 e. The second kappa shape index (κ2) is 9.98. The summed E-state index contributed by atoms with van der Waals surface area (Å²) in [4.78, 5) is 10.9. The zero-order valence-corrected chi connectivity index (χ0v) is 14.4. The molecule has 0 amide bonds. The van der Waals surface area contributed by atoms with E-state index in [-0.39, 0.29) is 5.97 Å². The van der Waals surface area contributed by atoms with Gasteiger partial charge in [0, 0.05) is 6.08 Å². The molecule has 0 aliphatic rings. The van der Waals surface area contributed by atoms with Crippen molar-refractivity contribution < 1.29 is 9.53 Å². The molecule has 0 unspecified atom stereocenters. The highest BCUT2D eigenvalue weighted by atomic mass is 16.5. The topological polar surface area (TPSA) is 51.0 Å². The number of azo groups is 1. The van der Waals surface area contributed by atoms with Gasteiger partial charge in [-0.15, -0.1) is 0 Å². The van der Waals surface area contributed by atoms with Crippen LogP contribution in [-0.4, -0.2) is 12.6 Å². The largest absolute Gasteiger partial charge is 0.463 e. The van der Waals surface area contributed by atoms with E-state index < -0.39 is 0 Å². The third kappa shape index (κ3) is 6.55. The summed E-state index contributed by atoms with van der Waals surface area (Å²) in [5, 5.41) is 8.50. The second-order valence-electron chi connectivity index (χ2n) is 5.43. The molecule has 0 aromatic heterocycles. The van der Waals surface area contributed by atoms with E-state index in [1.807, 2.05) is 67.6 Å². The first-order valence-electron chi connectivity index (χ1n) is 8.24. The molecule has 0 aliphatic carbocycles. The van der Waals surface area contributed by atoms with E-state index in [1.165, 1.54) is 11.6 Å². The summed E-state index contributed by atoms with van der Waals surface area (Å²) in [5.74, 6) is -0.380. The Morgan fingerprint density at radius 1 is 1.04 bits per heavy atom. The van der Waals surface area contributed by atoms with Crippen molar-refractivity contribution in [2.24, 2.45) is 10.2 Å². The Balaban J connectivity index is 1.84. The molecular formula is C21H22N2O2. The van der Waals surface area contributed by atoms with Gasteiger partial charge in [-0.25, -0.2) is 4.79 Å². The van der Waals surface area contributed by atoms with E-state index in [2.05, 4.69) is 16.8 Å². The van der Waals surface area contributed by atoms with Crippen molar-refractivity contribution in [3.8, 4) is 0 Å². The van der Waals surface area contributed by atoms with Crippen molar-refractivity contribution in [1.29, 1.82) is 0 Å². The fourth-order valence-corrected chi connectivity index (χ4v) is 2.20. The number of carbonyl (C=O) groups is 1. The average molecular weight is 334 g/mol. The number of esters is 1. The Morgan fingerprint density at radius 2 is 1.64 bits per heavy atom. The maximum absolute atomic E-state index is 10.9. The summed E-state index contributed by atoms with van der Waals surface area (Å²) in [7, 11) is 0. The lowest BCUT2D eigenvalue weighted by atomic mass is 10.1. The maximum atomic E-state index is 10.9. The molecule has 0 radical (unpaired) electrons. The Kier molecular flexibility index (Phi) is 7.32. The van der Waals surface area contributed by atoms with Gasteiger partial charge < -0.3 is 4.74 Å². The lowest BCUT2D eigenvalue weighted by Crippen LogP contribution is -2.02. The van der Waals surface area contributed by atoms with Crippen molar-refractivity contribution in [2.45, 2.75) is 19.8 Å². The van der Waals surface area contributed by atoms with Gasteiger partial charge >= 0.3 is 5.97 Å². The summed E-state index contributed by atoms with van der Waals surface area (Å²) >= 11 is 0. The van der Waals surface area contributed by atoms with Crippen LogP contribution in [0.3, 0.4) is 0 Å². The molecule has 0 saturated carbocycles. The molecule has 0 atom stereocenters. The van der Waals surface area contributed by atoms with Crippen LogP contribution < -0.4 is 0 Å². The van der Waals surface area contributed by atoms with Crippen LogP contribution in [0.5, 0.6) is 0 Å². The van der Waals surface area contributed by atoms with Crippen LogP contribution in [0.25, 0.3) is 6.08 Å². The van der Waals surface area contributed by atoms with E-state index in [0.717, 1.165) is 29.8 Å². The highest BCUT2D eigenvalue weighted by molar-refractivity contribution is 5.81. The maximum Gasteiger partial charge on any atom is 0.330 e. The minimum atomic E-state index is -0.380. The molecule has 0 aliphatic heterocycles. The summed E-state index contributed by atoms with van der Waals surface area (Å²) in [6.07, 6.45) is 6.83. The SMILES string of the molecule is C=CC(=O)OCCCc1ccc(N=Nc2ccc(C=CC)cc2)cc1. The highest BCUT2D eigenvalue weighted by Gasteiger charge is 1.98. The van der Waals surface area contributed by atoms with E-state index >= 15 is 0 Å². The molecule has 2 aromatic rings.